The van der Waals surface area contributed by atoms with Gasteiger partial charge in [-0.1, -0.05) is 64.7 Å². The van der Waals surface area contributed by atoms with Crippen molar-refractivity contribution in [2.75, 3.05) is 0 Å². The van der Waals surface area contributed by atoms with Crippen molar-refractivity contribution >= 4 is 34.8 Å². The Morgan fingerprint density at radius 1 is 0.900 bits per heavy atom. The monoisotopic (exact) mass is 450 g/mol. The summed E-state index contributed by atoms with van der Waals surface area (Å²) in [6, 6.07) is 6.42. The molecule has 0 atom stereocenters. The summed E-state index contributed by atoms with van der Waals surface area (Å²) in [6.07, 6.45) is 0. The lowest BCUT2D eigenvalue weighted by atomic mass is 9.78. The van der Waals surface area contributed by atoms with Gasteiger partial charge in [-0.25, -0.2) is 5.43 Å². The van der Waals surface area contributed by atoms with Crippen molar-refractivity contribution in [3.05, 3.63) is 56.6 Å². The van der Waals surface area contributed by atoms with Crippen LogP contribution in [0.25, 0.3) is 0 Å². The van der Waals surface area contributed by atoms with Crippen LogP contribution in [0, 0.1) is 0 Å². The van der Waals surface area contributed by atoms with Gasteiger partial charge in [-0.15, -0.1) is 0 Å². The average molecular weight is 451 g/mol. The van der Waals surface area contributed by atoms with E-state index >= 15 is 0 Å². The number of hydrogen-bond donors (Lipinski definition) is 3. The van der Waals surface area contributed by atoms with Crippen LogP contribution in [0.4, 0.5) is 0 Å². The molecule has 0 aliphatic rings. The number of hydrogen-bond acceptors (Lipinski definition) is 4. The van der Waals surface area contributed by atoms with Crippen LogP contribution in [0.3, 0.4) is 0 Å². The van der Waals surface area contributed by atoms with E-state index in [0.29, 0.717) is 5.71 Å². The Hall–Kier alpha value is -2.24. The van der Waals surface area contributed by atoms with Gasteiger partial charge in [0.2, 0.25) is 0 Å². The van der Waals surface area contributed by atoms with E-state index in [9.17, 15) is 15.0 Å². The van der Waals surface area contributed by atoms with Crippen molar-refractivity contribution in [2.24, 2.45) is 5.10 Å². The summed E-state index contributed by atoms with van der Waals surface area (Å²) in [6.45, 7) is 13.9. The molecule has 5 nitrogen and oxygen atoms in total. The molecule has 0 bridgehead atoms. The van der Waals surface area contributed by atoms with Crippen molar-refractivity contribution in [2.45, 2.75) is 59.3 Å². The molecule has 0 aliphatic heterocycles. The van der Waals surface area contributed by atoms with Crippen LogP contribution in [0.1, 0.15) is 75.5 Å². The summed E-state index contributed by atoms with van der Waals surface area (Å²) in [7, 11) is 0. The maximum absolute atomic E-state index is 12.5. The molecule has 0 radical (unpaired) electrons. The Bertz CT molecular complexity index is 981. The quantitative estimate of drug-likeness (QED) is 0.387. The van der Waals surface area contributed by atoms with Crippen molar-refractivity contribution in [3.63, 3.8) is 0 Å². The number of phenols is 2. The zero-order valence-electron chi connectivity index (χ0n) is 18.3. The largest absolute Gasteiger partial charge is 0.507 e. The molecule has 0 fully saturated rings. The number of phenolic OH excluding ortho intramolecular Hbond substituents is 2. The van der Waals surface area contributed by atoms with E-state index < -0.39 is 5.91 Å². The molecule has 162 valence electrons. The minimum atomic E-state index is -0.637. The van der Waals surface area contributed by atoms with Gasteiger partial charge < -0.3 is 10.2 Å². The van der Waals surface area contributed by atoms with E-state index in [-0.39, 0.29) is 37.9 Å². The Kier molecular flexibility index (Phi) is 6.79. The number of amides is 1. The SMILES string of the molecule is C/C(=N\NC(=O)c1cc(Cl)cc(Cl)c1O)c1cc(C(C)(C)C)c(O)c(C(C)(C)C)c1. The van der Waals surface area contributed by atoms with Crippen LogP contribution in [-0.4, -0.2) is 21.8 Å². The van der Waals surface area contributed by atoms with Crippen molar-refractivity contribution in [1.82, 2.24) is 5.43 Å². The molecule has 2 aromatic carbocycles. The number of hydrazone groups is 1. The molecule has 0 aromatic heterocycles. The molecule has 0 saturated carbocycles. The van der Waals surface area contributed by atoms with E-state index in [2.05, 4.69) is 10.5 Å². The molecule has 0 aliphatic carbocycles. The molecule has 2 aromatic rings. The van der Waals surface area contributed by atoms with Crippen LogP contribution in [0.15, 0.2) is 29.4 Å². The summed E-state index contributed by atoms with van der Waals surface area (Å²) in [5.74, 6) is -0.725. The molecule has 3 N–H and O–H groups in total. The Balaban J connectivity index is 2.46. The van der Waals surface area contributed by atoms with Crippen molar-refractivity contribution in [1.29, 1.82) is 0 Å². The minimum absolute atomic E-state index is 0.0171. The molecule has 2 rings (SSSR count). The van der Waals surface area contributed by atoms with Crippen molar-refractivity contribution < 1.29 is 15.0 Å². The van der Waals surface area contributed by atoms with Gasteiger partial charge in [0.05, 0.1) is 16.3 Å². The Morgan fingerprint density at radius 2 is 1.40 bits per heavy atom. The zero-order chi connectivity index (χ0) is 23.0. The highest BCUT2D eigenvalue weighted by Crippen LogP contribution is 2.40. The fourth-order valence-electron chi connectivity index (χ4n) is 2.99. The normalized spacial score (nSPS) is 12.8. The molecule has 0 heterocycles. The summed E-state index contributed by atoms with van der Waals surface area (Å²) < 4.78 is 0. The number of rotatable bonds is 3. The van der Waals surface area contributed by atoms with E-state index in [1.165, 1.54) is 12.1 Å². The first-order valence-electron chi connectivity index (χ1n) is 9.54. The first kappa shape index (κ1) is 24.0. The zero-order valence-corrected chi connectivity index (χ0v) is 19.8. The second-order valence-corrected chi connectivity index (χ2v) is 10.2. The minimum Gasteiger partial charge on any atom is -0.507 e. The molecular weight excluding hydrogens is 423 g/mol. The number of carbonyl (C=O) groups is 1. The summed E-state index contributed by atoms with van der Waals surface area (Å²) in [5, 5.41) is 25.3. The number of halogens is 2. The molecule has 0 unspecified atom stereocenters. The molecule has 7 heteroatoms. The highest BCUT2D eigenvalue weighted by atomic mass is 35.5. The van der Waals surface area contributed by atoms with Gasteiger partial charge in [-0.3, -0.25) is 4.79 Å². The van der Waals surface area contributed by atoms with Crippen LogP contribution < -0.4 is 5.43 Å². The van der Waals surface area contributed by atoms with Crippen LogP contribution >= 0.6 is 23.2 Å². The average Bonchev–Trinajstić information content (AvgIpc) is 2.60. The summed E-state index contributed by atoms with van der Waals surface area (Å²) >= 11 is 11.8. The predicted molar refractivity (Wildman–Crippen MR) is 123 cm³/mol. The number of carbonyl (C=O) groups excluding carboxylic acids is 1. The first-order valence-corrected chi connectivity index (χ1v) is 10.3. The number of benzene rings is 2. The number of nitrogens with one attached hydrogen (secondary N) is 1. The maximum atomic E-state index is 12.5. The highest BCUT2D eigenvalue weighted by Gasteiger charge is 2.27. The lowest BCUT2D eigenvalue weighted by Crippen LogP contribution is -2.21. The van der Waals surface area contributed by atoms with Gasteiger partial charge in [0.15, 0.2) is 0 Å². The van der Waals surface area contributed by atoms with E-state index in [4.69, 9.17) is 23.2 Å². The molecule has 0 spiro atoms. The van der Waals surface area contributed by atoms with Gasteiger partial charge in [-0.05, 0) is 47.6 Å². The second kappa shape index (κ2) is 8.48. The molecule has 1 amide bonds. The lowest BCUT2D eigenvalue weighted by Gasteiger charge is -2.28. The number of aromatic hydroxyl groups is 2. The molecular formula is C23H28Cl2N2O3. The van der Waals surface area contributed by atoms with Crippen molar-refractivity contribution in [3.8, 4) is 11.5 Å². The third-order valence-electron chi connectivity index (χ3n) is 4.74. The topological polar surface area (TPSA) is 81.9 Å². The Labute approximate surface area is 187 Å². The second-order valence-electron chi connectivity index (χ2n) is 9.34. The third-order valence-corrected chi connectivity index (χ3v) is 5.25. The fraction of sp³-hybridized carbons (Fsp3) is 0.391. The van der Waals surface area contributed by atoms with Crippen LogP contribution in [-0.2, 0) is 10.8 Å². The summed E-state index contributed by atoms with van der Waals surface area (Å²) in [5.41, 5.74) is 4.71. The Morgan fingerprint density at radius 3 is 1.87 bits per heavy atom. The fourth-order valence-corrected chi connectivity index (χ4v) is 3.48. The van der Waals surface area contributed by atoms with E-state index in [1.54, 1.807) is 6.92 Å². The smallest absolute Gasteiger partial charge is 0.275 e. The van der Waals surface area contributed by atoms with E-state index in [0.717, 1.165) is 16.7 Å². The maximum Gasteiger partial charge on any atom is 0.275 e. The lowest BCUT2D eigenvalue weighted by molar-refractivity contribution is 0.0952. The van der Waals surface area contributed by atoms with E-state index in [1.807, 2.05) is 53.7 Å². The first-order chi connectivity index (χ1) is 13.6. The number of nitrogens with zero attached hydrogens (tertiary/aromatic N) is 1. The van der Waals surface area contributed by atoms with Gasteiger partial charge in [0.25, 0.3) is 5.91 Å². The molecule has 0 saturated heterocycles. The van der Waals surface area contributed by atoms with Gasteiger partial charge in [-0.2, -0.15) is 5.10 Å². The van der Waals surface area contributed by atoms with Gasteiger partial charge in [0, 0.05) is 16.1 Å². The van der Waals surface area contributed by atoms with Gasteiger partial charge in [0.1, 0.15) is 11.5 Å². The van der Waals surface area contributed by atoms with Crippen LogP contribution in [0.2, 0.25) is 10.0 Å². The highest BCUT2D eigenvalue weighted by molar-refractivity contribution is 6.36. The third kappa shape index (κ3) is 5.27. The summed E-state index contributed by atoms with van der Waals surface area (Å²) in [4.78, 5) is 12.5. The predicted octanol–water partition coefficient (Wildman–Crippen LogP) is 6.15. The van der Waals surface area contributed by atoms with Crippen LogP contribution in [0.5, 0.6) is 11.5 Å². The standard InChI is InChI=1S/C23H28Cl2N2O3/c1-12(26-27-21(30)15-10-14(24)11-18(25)19(15)28)13-8-16(22(2,3)4)20(29)17(9-13)23(5,6)7/h8-11,28-29H,1-7H3,(H,27,30)/b26-12+. The molecule has 30 heavy (non-hydrogen) atoms. The van der Waals surface area contributed by atoms with Gasteiger partial charge >= 0.3 is 0 Å².